The van der Waals surface area contributed by atoms with Gasteiger partial charge in [0, 0.05) is 37.3 Å². The number of hydrogen-bond acceptors (Lipinski definition) is 4. The molecule has 0 radical (unpaired) electrons. The third kappa shape index (κ3) is 3.25. The fourth-order valence-electron chi connectivity index (χ4n) is 3.07. The minimum absolute atomic E-state index is 0.127. The molecule has 3 N–H and O–H groups in total. The summed E-state index contributed by atoms with van der Waals surface area (Å²) in [7, 11) is 0. The van der Waals surface area contributed by atoms with Crippen LogP contribution in [0.5, 0.6) is 11.5 Å². The first kappa shape index (κ1) is 15.1. The van der Waals surface area contributed by atoms with E-state index in [-0.39, 0.29) is 17.5 Å². The van der Waals surface area contributed by atoms with Gasteiger partial charge in [0.05, 0.1) is 0 Å². The largest absolute Gasteiger partial charge is 0.508 e. The molecule has 112 valence electrons. The number of rotatable bonds is 4. The molecule has 1 heterocycles. The third-order valence-corrected chi connectivity index (χ3v) is 4.41. The highest BCUT2D eigenvalue weighted by Crippen LogP contribution is 2.31. The molecule has 1 aromatic rings. The number of nitrogens with zero attached hydrogens (tertiary/aromatic N) is 1. The summed E-state index contributed by atoms with van der Waals surface area (Å²) >= 11 is 0. The van der Waals surface area contributed by atoms with Crippen LogP contribution in [0.2, 0.25) is 0 Å². The Kier molecular flexibility index (Phi) is 4.89. The van der Waals surface area contributed by atoms with E-state index in [2.05, 4.69) is 31.0 Å². The van der Waals surface area contributed by atoms with Crippen molar-refractivity contribution in [2.24, 2.45) is 0 Å². The number of piperazine rings is 1. The first-order chi connectivity index (χ1) is 9.55. The van der Waals surface area contributed by atoms with Gasteiger partial charge in [-0.2, -0.15) is 0 Å². The molecule has 1 saturated heterocycles. The second kappa shape index (κ2) is 6.46. The van der Waals surface area contributed by atoms with E-state index in [9.17, 15) is 10.2 Å². The Bertz CT molecular complexity index is 430. The lowest BCUT2D eigenvalue weighted by Gasteiger charge is -2.43. The number of phenols is 2. The topological polar surface area (TPSA) is 55.7 Å². The average molecular weight is 278 g/mol. The lowest BCUT2D eigenvalue weighted by Crippen LogP contribution is -2.56. The molecule has 3 unspecified atom stereocenters. The molecular weight excluding hydrogens is 252 g/mol. The molecule has 4 heteroatoms. The fourth-order valence-corrected chi connectivity index (χ4v) is 3.07. The molecule has 1 aliphatic heterocycles. The van der Waals surface area contributed by atoms with E-state index in [0.717, 1.165) is 31.5 Å². The Balaban J connectivity index is 2.21. The Morgan fingerprint density at radius 2 is 1.85 bits per heavy atom. The van der Waals surface area contributed by atoms with Gasteiger partial charge >= 0.3 is 0 Å². The molecule has 1 fully saturated rings. The Hall–Kier alpha value is -1.26. The molecule has 3 atom stereocenters. The maximum Gasteiger partial charge on any atom is 0.119 e. The van der Waals surface area contributed by atoms with Crippen LogP contribution in [-0.4, -0.2) is 40.3 Å². The molecule has 0 spiro atoms. The van der Waals surface area contributed by atoms with E-state index in [0.29, 0.717) is 12.1 Å². The zero-order valence-electron chi connectivity index (χ0n) is 12.6. The first-order valence-corrected chi connectivity index (χ1v) is 7.57. The van der Waals surface area contributed by atoms with Gasteiger partial charge < -0.3 is 15.5 Å². The lowest BCUT2D eigenvalue weighted by molar-refractivity contribution is 0.0848. The number of aromatic hydroxyl groups is 2. The van der Waals surface area contributed by atoms with Gasteiger partial charge in [-0.3, -0.25) is 4.90 Å². The van der Waals surface area contributed by atoms with Gasteiger partial charge in [-0.1, -0.05) is 13.8 Å². The van der Waals surface area contributed by atoms with Crippen LogP contribution in [0.15, 0.2) is 18.2 Å². The highest BCUT2D eigenvalue weighted by molar-refractivity contribution is 5.38. The highest BCUT2D eigenvalue weighted by Gasteiger charge is 2.30. The summed E-state index contributed by atoms with van der Waals surface area (Å²) in [4.78, 5) is 2.48. The van der Waals surface area contributed by atoms with Gasteiger partial charge in [0.15, 0.2) is 0 Å². The van der Waals surface area contributed by atoms with Crippen molar-refractivity contribution < 1.29 is 10.2 Å². The molecule has 20 heavy (non-hydrogen) atoms. The second-order valence-corrected chi connectivity index (χ2v) is 5.73. The standard InChI is InChI=1S/C16H26N2O2/c1-4-13-10-18(14(5-2)9-17-13)11(3)12-6-15(19)8-16(20)7-12/h6-8,11,13-14,17,19-20H,4-5,9-10H2,1-3H3. The second-order valence-electron chi connectivity index (χ2n) is 5.73. The van der Waals surface area contributed by atoms with E-state index in [4.69, 9.17) is 0 Å². The van der Waals surface area contributed by atoms with Gasteiger partial charge in [0.25, 0.3) is 0 Å². The minimum Gasteiger partial charge on any atom is -0.508 e. The first-order valence-electron chi connectivity index (χ1n) is 7.57. The van der Waals surface area contributed by atoms with Crippen molar-refractivity contribution in [1.82, 2.24) is 10.2 Å². The molecule has 4 nitrogen and oxygen atoms in total. The van der Waals surface area contributed by atoms with Gasteiger partial charge in [-0.15, -0.1) is 0 Å². The van der Waals surface area contributed by atoms with Crippen molar-refractivity contribution >= 4 is 0 Å². The summed E-state index contributed by atoms with van der Waals surface area (Å²) in [6, 6.07) is 6.08. The van der Waals surface area contributed by atoms with Crippen LogP contribution >= 0.6 is 0 Å². The van der Waals surface area contributed by atoms with Crippen LogP contribution in [0.1, 0.15) is 45.2 Å². The summed E-state index contributed by atoms with van der Waals surface area (Å²) in [5, 5.41) is 22.9. The van der Waals surface area contributed by atoms with E-state index in [1.807, 2.05) is 0 Å². The van der Waals surface area contributed by atoms with Gasteiger partial charge in [-0.25, -0.2) is 0 Å². The fraction of sp³-hybridized carbons (Fsp3) is 0.625. The van der Waals surface area contributed by atoms with Crippen molar-refractivity contribution in [3.05, 3.63) is 23.8 Å². The summed E-state index contributed by atoms with van der Waals surface area (Å²) in [5.41, 5.74) is 0.970. The van der Waals surface area contributed by atoms with Crippen LogP contribution in [0.25, 0.3) is 0 Å². The third-order valence-electron chi connectivity index (χ3n) is 4.41. The van der Waals surface area contributed by atoms with Crippen molar-refractivity contribution in [1.29, 1.82) is 0 Å². The smallest absolute Gasteiger partial charge is 0.119 e. The molecule has 0 amide bonds. The normalized spacial score (nSPS) is 25.6. The Labute approximate surface area is 121 Å². The summed E-state index contributed by atoms with van der Waals surface area (Å²) in [6.45, 7) is 8.57. The lowest BCUT2D eigenvalue weighted by atomic mass is 9.98. The molecule has 0 aliphatic carbocycles. The van der Waals surface area contributed by atoms with Gasteiger partial charge in [-0.05, 0) is 37.5 Å². The number of phenolic OH excluding ortho intramolecular Hbond substituents is 2. The average Bonchev–Trinajstić information content (AvgIpc) is 2.44. The Morgan fingerprint density at radius 1 is 1.20 bits per heavy atom. The molecule has 1 aromatic carbocycles. The van der Waals surface area contributed by atoms with E-state index in [1.165, 1.54) is 6.07 Å². The number of nitrogens with one attached hydrogen (secondary N) is 1. The maximum atomic E-state index is 9.67. The molecule has 0 aromatic heterocycles. The van der Waals surface area contributed by atoms with E-state index >= 15 is 0 Å². The van der Waals surface area contributed by atoms with Gasteiger partial charge in [0.1, 0.15) is 11.5 Å². The quantitative estimate of drug-likeness (QED) is 0.792. The van der Waals surface area contributed by atoms with Crippen molar-refractivity contribution in [2.75, 3.05) is 13.1 Å². The molecule has 1 aliphatic rings. The number of hydrogen-bond donors (Lipinski definition) is 3. The van der Waals surface area contributed by atoms with Crippen LogP contribution in [0, 0.1) is 0 Å². The van der Waals surface area contributed by atoms with Crippen molar-refractivity contribution in [2.45, 2.75) is 51.7 Å². The van der Waals surface area contributed by atoms with Crippen LogP contribution in [0.4, 0.5) is 0 Å². The van der Waals surface area contributed by atoms with E-state index < -0.39 is 0 Å². The zero-order valence-corrected chi connectivity index (χ0v) is 12.6. The summed E-state index contributed by atoms with van der Waals surface area (Å²) in [5.74, 6) is 0.254. The zero-order chi connectivity index (χ0) is 14.7. The van der Waals surface area contributed by atoms with Crippen molar-refractivity contribution in [3.63, 3.8) is 0 Å². The SMILES string of the molecule is CCC1CN(C(C)c2cc(O)cc(O)c2)C(CC)CN1. The summed E-state index contributed by atoms with van der Waals surface area (Å²) in [6.07, 6.45) is 2.21. The minimum atomic E-state index is 0.127. The van der Waals surface area contributed by atoms with Crippen molar-refractivity contribution in [3.8, 4) is 11.5 Å². The van der Waals surface area contributed by atoms with Crippen LogP contribution in [0.3, 0.4) is 0 Å². The molecule has 2 rings (SSSR count). The Morgan fingerprint density at radius 3 is 2.40 bits per heavy atom. The van der Waals surface area contributed by atoms with Crippen LogP contribution in [-0.2, 0) is 0 Å². The summed E-state index contributed by atoms with van der Waals surface area (Å²) < 4.78 is 0. The molecule has 0 saturated carbocycles. The predicted octanol–water partition coefficient (Wildman–Crippen LogP) is 2.62. The van der Waals surface area contributed by atoms with Gasteiger partial charge in [0.2, 0.25) is 0 Å². The monoisotopic (exact) mass is 278 g/mol. The van der Waals surface area contributed by atoms with E-state index in [1.54, 1.807) is 12.1 Å². The van der Waals surface area contributed by atoms with Crippen LogP contribution < -0.4 is 5.32 Å². The highest BCUT2D eigenvalue weighted by atomic mass is 16.3. The maximum absolute atomic E-state index is 9.67. The number of benzene rings is 1. The predicted molar refractivity (Wildman–Crippen MR) is 81.1 cm³/mol. The molecular formula is C16H26N2O2. The molecule has 0 bridgehead atoms.